The van der Waals surface area contributed by atoms with E-state index in [1.54, 1.807) is 0 Å². The third-order valence-electron chi connectivity index (χ3n) is 3.21. The first-order chi connectivity index (χ1) is 9.08. The van der Waals surface area contributed by atoms with Crippen LogP contribution in [0.15, 0.2) is 28.7 Å². The summed E-state index contributed by atoms with van der Waals surface area (Å²) in [5.41, 5.74) is 2.22. The van der Waals surface area contributed by atoms with Gasteiger partial charge in [0.2, 0.25) is 0 Å². The van der Waals surface area contributed by atoms with Crippen molar-refractivity contribution in [1.29, 1.82) is 0 Å². The number of furan rings is 1. The van der Waals surface area contributed by atoms with Crippen LogP contribution in [-0.2, 0) is 11.3 Å². The third kappa shape index (κ3) is 3.28. The number of aliphatic carboxylic acids is 1. The Morgan fingerprint density at radius 1 is 1.21 bits per heavy atom. The molecule has 0 spiro atoms. The van der Waals surface area contributed by atoms with Gasteiger partial charge in [0.25, 0.3) is 0 Å². The summed E-state index contributed by atoms with van der Waals surface area (Å²) >= 11 is 0. The second-order valence-corrected chi connectivity index (χ2v) is 4.77. The van der Waals surface area contributed by atoms with Gasteiger partial charge >= 0.3 is 5.97 Å². The van der Waals surface area contributed by atoms with Crippen LogP contribution in [-0.4, -0.2) is 15.6 Å². The fraction of sp³-hybridized carbons (Fsp3) is 0.400. The zero-order valence-corrected chi connectivity index (χ0v) is 11.3. The van der Waals surface area contributed by atoms with E-state index in [0.29, 0.717) is 6.42 Å². The zero-order chi connectivity index (χ0) is 13.8. The molecule has 0 aliphatic carbocycles. The molecule has 0 aromatic carbocycles. The number of carbonyl (C=O) groups is 1. The van der Waals surface area contributed by atoms with Gasteiger partial charge in [-0.1, -0.05) is 0 Å². The molecule has 2 aromatic heterocycles. The Morgan fingerprint density at radius 3 is 2.63 bits per heavy atom. The van der Waals surface area contributed by atoms with Crippen molar-refractivity contribution in [1.82, 2.24) is 4.57 Å². The molecule has 2 aromatic rings. The second-order valence-electron chi connectivity index (χ2n) is 4.77. The first kappa shape index (κ1) is 13.5. The number of unbranched alkanes of at least 4 members (excludes halogenated alkanes) is 1. The molecular weight excluding hydrogens is 242 g/mol. The number of hydrogen-bond acceptors (Lipinski definition) is 2. The van der Waals surface area contributed by atoms with Crippen LogP contribution >= 0.6 is 0 Å². The van der Waals surface area contributed by atoms with E-state index in [1.807, 2.05) is 25.1 Å². The molecule has 0 atom stereocenters. The molecule has 19 heavy (non-hydrogen) atoms. The molecule has 0 radical (unpaired) electrons. The average Bonchev–Trinajstić information content (AvgIpc) is 2.91. The highest BCUT2D eigenvalue weighted by atomic mass is 16.4. The summed E-state index contributed by atoms with van der Waals surface area (Å²) in [7, 11) is 0. The number of aryl methyl sites for hydroxylation is 2. The van der Waals surface area contributed by atoms with Gasteiger partial charge in [-0.05, 0) is 51.0 Å². The van der Waals surface area contributed by atoms with Gasteiger partial charge in [0.05, 0.1) is 5.69 Å². The molecule has 102 valence electrons. The van der Waals surface area contributed by atoms with Crippen molar-refractivity contribution < 1.29 is 14.3 Å². The highest BCUT2D eigenvalue weighted by Gasteiger charge is 2.10. The Kier molecular flexibility index (Phi) is 4.10. The van der Waals surface area contributed by atoms with E-state index in [-0.39, 0.29) is 6.42 Å². The molecule has 0 bridgehead atoms. The summed E-state index contributed by atoms with van der Waals surface area (Å²) < 4.78 is 7.83. The predicted molar refractivity (Wildman–Crippen MR) is 73.1 cm³/mol. The van der Waals surface area contributed by atoms with Gasteiger partial charge in [-0.2, -0.15) is 0 Å². The van der Waals surface area contributed by atoms with Crippen molar-refractivity contribution >= 4 is 5.97 Å². The summed E-state index contributed by atoms with van der Waals surface area (Å²) in [5, 5.41) is 8.64. The maximum absolute atomic E-state index is 10.5. The van der Waals surface area contributed by atoms with E-state index in [0.717, 1.165) is 30.2 Å². The molecule has 4 nitrogen and oxygen atoms in total. The monoisotopic (exact) mass is 261 g/mol. The van der Waals surface area contributed by atoms with Crippen LogP contribution in [0, 0.1) is 13.8 Å². The van der Waals surface area contributed by atoms with Crippen LogP contribution in [0.25, 0.3) is 11.5 Å². The first-order valence-corrected chi connectivity index (χ1v) is 6.52. The Bertz CT molecular complexity index is 566. The Labute approximate surface area is 112 Å². The van der Waals surface area contributed by atoms with Gasteiger partial charge in [0, 0.05) is 18.7 Å². The minimum atomic E-state index is -0.730. The lowest BCUT2D eigenvalue weighted by molar-refractivity contribution is -0.137. The summed E-state index contributed by atoms with van der Waals surface area (Å²) in [6, 6.07) is 8.03. The van der Waals surface area contributed by atoms with Crippen LogP contribution in [0.4, 0.5) is 0 Å². The summed E-state index contributed by atoms with van der Waals surface area (Å²) in [6.45, 7) is 4.80. The number of hydrogen-bond donors (Lipinski definition) is 1. The summed E-state index contributed by atoms with van der Waals surface area (Å²) in [6.07, 6.45) is 1.79. The van der Waals surface area contributed by atoms with Crippen LogP contribution in [0.3, 0.4) is 0 Å². The van der Waals surface area contributed by atoms with E-state index in [9.17, 15) is 4.79 Å². The molecule has 1 N–H and O–H groups in total. The van der Waals surface area contributed by atoms with Crippen molar-refractivity contribution in [2.45, 2.75) is 39.7 Å². The molecule has 2 rings (SSSR count). The van der Waals surface area contributed by atoms with Crippen LogP contribution in [0.2, 0.25) is 0 Å². The van der Waals surface area contributed by atoms with Gasteiger partial charge in [-0.25, -0.2) is 0 Å². The van der Waals surface area contributed by atoms with Crippen LogP contribution in [0.5, 0.6) is 0 Å². The Hall–Kier alpha value is -1.97. The predicted octanol–water partition coefficient (Wildman–Crippen LogP) is 3.62. The molecule has 0 aliphatic rings. The molecule has 2 heterocycles. The van der Waals surface area contributed by atoms with Crippen molar-refractivity contribution in [3.63, 3.8) is 0 Å². The van der Waals surface area contributed by atoms with E-state index in [2.05, 4.69) is 17.6 Å². The van der Waals surface area contributed by atoms with Crippen molar-refractivity contribution in [3.8, 4) is 11.5 Å². The number of carboxylic acids is 1. The molecule has 4 heteroatoms. The van der Waals surface area contributed by atoms with Gasteiger partial charge in [0.15, 0.2) is 5.76 Å². The van der Waals surface area contributed by atoms with E-state index < -0.39 is 5.97 Å². The van der Waals surface area contributed by atoms with Crippen LogP contribution < -0.4 is 0 Å². The Morgan fingerprint density at radius 2 is 2.00 bits per heavy atom. The second kappa shape index (κ2) is 5.78. The topological polar surface area (TPSA) is 55.4 Å². The largest absolute Gasteiger partial charge is 0.481 e. The molecular formula is C15H19NO3. The van der Waals surface area contributed by atoms with Gasteiger partial charge < -0.3 is 14.1 Å². The van der Waals surface area contributed by atoms with Gasteiger partial charge in [0.1, 0.15) is 5.76 Å². The van der Waals surface area contributed by atoms with Gasteiger partial charge in [-0.15, -0.1) is 0 Å². The fourth-order valence-corrected chi connectivity index (χ4v) is 2.20. The lowest BCUT2D eigenvalue weighted by Gasteiger charge is -2.09. The van der Waals surface area contributed by atoms with E-state index in [1.165, 1.54) is 5.69 Å². The fourth-order valence-electron chi connectivity index (χ4n) is 2.20. The maximum Gasteiger partial charge on any atom is 0.303 e. The highest BCUT2D eigenvalue weighted by molar-refractivity contribution is 5.66. The minimum Gasteiger partial charge on any atom is -0.481 e. The number of aromatic nitrogens is 1. The van der Waals surface area contributed by atoms with Crippen molar-refractivity contribution in [2.75, 3.05) is 0 Å². The van der Waals surface area contributed by atoms with Crippen LogP contribution in [0.1, 0.15) is 30.7 Å². The number of rotatable bonds is 6. The lowest BCUT2D eigenvalue weighted by Crippen LogP contribution is -2.03. The number of carboxylic acid groups (broad SMARTS) is 1. The molecule has 0 saturated carbocycles. The smallest absolute Gasteiger partial charge is 0.303 e. The molecule has 0 unspecified atom stereocenters. The molecule has 0 fully saturated rings. The lowest BCUT2D eigenvalue weighted by atomic mass is 10.2. The van der Waals surface area contributed by atoms with Crippen molar-refractivity contribution in [2.24, 2.45) is 0 Å². The quantitative estimate of drug-likeness (QED) is 0.808. The molecule has 0 aliphatic heterocycles. The van der Waals surface area contributed by atoms with Gasteiger partial charge in [-0.3, -0.25) is 4.79 Å². The number of nitrogens with zero attached hydrogens (tertiary/aromatic N) is 1. The third-order valence-corrected chi connectivity index (χ3v) is 3.21. The Balaban J connectivity index is 2.08. The first-order valence-electron chi connectivity index (χ1n) is 6.52. The maximum atomic E-state index is 10.5. The van der Waals surface area contributed by atoms with E-state index in [4.69, 9.17) is 9.52 Å². The molecule has 0 amide bonds. The highest BCUT2D eigenvalue weighted by Crippen LogP contribution is 2.25. The summed E-state index contributed by atoms with van der Waals surface area (Å²) in [4.78, 5) is 10.5. The average molecular weight is 261 g/mol. The standard InChI is InChI=1S/C15H19NO3/c1-11-6-8-13(14-9-7-12(2)19-14)16(11)10-4-3-5-15(17)18/h6-9H,3-5,10H2,1-2H3,(H,17,18). The summed E-state index contributed by atoms with van der Waals surface area (Å²) in [5.74, 6) is 1.03. The normalized spacial score (nSPS) is 10.8. The molecule has 0 saturated heterocycles. The SMILES string of the molecule is Cc1ccc(-c2ccc(C)n2CCCCC(=O)O)o1. The minimum absolute atomic E-state index is 0.232. The van der Waals surface area contributed by atoms with E-state index >= 15 is 0 Å². The zero-order valence-electron chi connectivity index (χ0n) is 11.3. The van der Waals surface area contributed by atoms with Crippen molar-refractivity contribution in [3.05, 3.63) is 35.7 Å².